The van der Waals surface area contributed by atoms with E-state index >= 15 is 0 Å². The highest BCUT2D eigenvalue weighted by Crippen LogP contribution is 2.33. The Morgan fingerprint density at radius 1 is 0.964 bits per heavy atom. The van der Waals surface area contributed by atoms with E-state index in [1.54, 1.807) is 0 Å². The van der Waals surface area contributed by atoms with Crippen molar-refractivity contribution in [2.24, 2.45) is 0 Å². The monoisotopic (exact) mass is 380 g/mol. The lowest BCUT2D eigenvalue weighted by molar-refractivity contribution is 0.452. The van der Waals surface area contributed by atoms with Gasteiger partial charge in [-0.2, -0.15) is 0 Å². The molecular formula is C23H24O5. The van der Waals surface area contributed by atoms with Crippen LogP contribution in [-0.2, 0) is 6.42 Å². The molecule has 0 fully saturated rings. The second-order valence-corrected chi connectivity index (χ2v) is 7.28. The maximum absolute atomic E-state index is 13.0. The van der Waals surface area contributed by atoms with E-state index in [-0.39, 0.29) is 33.6 Å². The molecule has 28 heavy (non-hydrogen) atoms. The van der Waals surface area contributed by atoms with Crippen molar-refractivity contribution in [2.75, 3.05) is 0 Å². The van der Waals surface area contributed by atoms with E-state index in [0.29, 0.717) is 17.6 Å². The molecule has 0 unspecified atom stereocenters. The summed E-state index contributed by atoms with van der Waals surface area (Å²) in [5.74, 6) is -0.541. The average molecular weight is 380 g/mol. The zero-order chi connectivity index (χ0) is 20.4. The van der Waals surface area contributed by atoms with Gasteiger partial charge in [-0.1, -0.05) is 23.3 Å². The van der Waals surface area contributed by atoms with Gasteiger partial charge in [0, 0.05) is 17.7 Å². The van der Waals surface area contributed by atoms with E-state index < -0.39 is 5.43 Å². The molecule has 0 saturated carbocycles. The van der Waals surface area contributed by atoms with E-state index in [0.717, 1.165) is 24.5 Å². The Bertz CT molecular complexity index is 1160. The van der Waals surface area contributed by atoms with Gasteiger partial charge in [0.05, 0.1) is 5.39 Å². The highest BCUT2D eigenvalue weighted by molar-refractivity contribution is 5.96. The molecule has 1 heterocycles. The van der Waals surface area contributed by atoms with Crippen LogP contribution in [0.5, 0.6) is 17.2 Å². The first-order valence-corrected chi connectivity index (χ1v) is 9.20. The molecule has 146 valence electrons. The minimum Gasteiger partial charge on any atom is -0.508 e. The predicted octanol–water partition coefficient (Wildman–Crippen LogP) is 5.30. The lowest BCUT2D eigenvalue weighted by Gasteiger charge is -2.09. The summed E-state index contributed by atoms with van der Waals surface area (Å²) in [7, 11) is 0. The number of hydrogen-bond donors (Lipinski definition) is 3. The van der Waals surface area contributed by atoms with Crippen LogP contribution in [0.1, 0.15) is 39.2 Å². The summed E-state index contributed by atoms with van der Waals surface area (Å²) in [5.41, 5.74) is 2.85. The summed E-state index contributed by atoms with van der Waals surface area (Å²) in [5, 5.41) is 30.3. The van der Waals surface area contributed by atoms with Crippen molar-refractivity contribution in [1.29, 1.82) is 0 Å². The standard InChI is InChI=1S/C23H24O5/c1-13(2)5-4-6-14(3)7-8-16-17(25)9-10-19-21(16)23(27)22-18(26)11-15(24)12-20(22)28-19/h5,7,9-12,24-26H,4,6,8H2,1-3H3. The van der Waals surface area contributed by atoms with Crippen molar-refractivity contribution >= 4 is 21.9 Å². The van der Waals surface area contributed by atoms with Crippen LogP contribution in [-0.4, -0.2) is 15.3 Å². The third-order valence-corrected chi connectivity index (χ3v) is 4.74. The Morgan fingerprint density at radius 3 is 2.43 bits per heavy atom. The smallest absolute Gasteiger partial charge is 0.204 e. The van der Waals surface area contributed by atoms with Gasteiger partial charge in [0.25, 0.3) is 0 Å². The molecule has 3 N–H and O–H groups in total. The summed E-state index contributed by atoms with van der Waals surface area (Å²) < 4.78 is 5.72. The number of allylic oxidation sites excluding steroid dienone is 4. The number of aromatic hydroxyl groups is 3. The van der Waals surface area contributed by atoms with Gasteiger partial charge in [0.1, 0.15) is 33.8 Å². The summed E-state index contributed by atoms with van der Waals surface area (Å²) >= 11 is 0. The van der Waals surface area contributed by atoms with Gasteiger partial charge in [-0.15, -0.1) is 0 Å². The molecule has 1 aromatic heterocycles. The molecule has 3 rings (SSSR count). The van der Waals surface area contributed by atoms with Crippen LogP contribution in [0.25, 0.3) is 21.9 Å². The van der Waals surface area contributed by atoms with E-state index in [1.165, 1.54) is 23.8 Å². The molecule has 0 saturated heterocycles. The SMILES string of the molecule is CC(C)=CCCC(C)=CCc1c(O)ccc2oc3cc(O)cc(O)c3c(=O)c12. The lowest BCUT2D eigenvalue weighted by Crippen LogP contribution is -2.06. The van der Waals surface area contributed by atoms with Gasteiger partial charge in [-0.05, 0) is 52.2 Å². The molecular weight excluding hydrogens is 356 g/mol. The Balaban J connectivity index is 2.10. The van der Waals surface area contributed by atoms with Crippen LogP contribution in [0, 0.1) is 0 Å². The predicted molar refractivity (Wildman–Crippen MR) is 111 cm³/mol. The van der Waals surface area contributed by atoms with Gasteiger partial charge >= 0.3 is 0 Å². The fraction of sp³-hybridized carbons (Fsp3) is 0.261. The summed E-state index contributed by atoms with van der Waals surface area (Å²) in [6.07, 6.45) is 6.38. The quantitative estimate of drug-likeness (QED) is 0.413. The Labute approximate surface area is 162 Å². The fourth-order valence-electron chi connectivity index (χ4n) is 3.26. The molecule has 0 radical (unpaired) electrons. The fourth-order valence-corrected chi connectivity index (χ4v) is 3.26. The maximum Gasteiger partial charge on any atom is 0.204 e. The highest BCUT2D eigenvalue weighted by Gasteiger charge is 2.17. The van der Waals surface area contributed by atoms with Gasteiger partial charge in [0.2, 0.25) is 5.43 Å². The largest absolute Gasteiger partial charge is 0.508 e. The zero-order valence-electron chi connectivity index (χ0n) is 16.2. The summed E-state index contributed by atoms with van der Waals surface area (Å²) in [6, 6.07) is 5.39. The minimum atomic E-state index is -0.435. The van der Waals surface area contributed by atoms with Crippen molar-refractivity contribution in [3.63, 3.8) is 0 Å². The van der Waals surface area contributed by atoms with Gasteiger partial charge in [-0.25, -0.2) is 0 Å². The third-order valence-electron chi connectivity index (χ3n) is 4.74. The van der Waals surface area contributed by atoms with E-state index in [4.69, 9.17) is 4.42 Å². The zero-order valence-corrected chi connectivity index (χ0v) is 16.2. The number of phenols is 3. The molecule has 2 aromatic carbocycles. The normalized spacial score (nSPS) is 11.9. The molecule has 5 nitrogen and oxygen atoms in total. The molecule has 0 amide bonds. The van der Waals surface area contributed by atoms with Gasteiger partial charge in [0.15, 0.2) is 0 Å². The molecule has 5 heteroatoms. The highest BCUT2D eigenvalue weighted by atomic mass is 16.3. The maximum atomic E-state index is 13.0. The molecule has 3 aromatic rings. The molecule has 0 spiro atoms. The molecule has 0 atom stereocenters. The molecule has 0 aliphatic rings. The first-order valence-electron chi connectivity index (χ1n) is 9.20. The van der Waals surface area contributed by atoms with Gasteiger partial charge < -0.3 is 19.7 Å². The number of rotatable bonds is 5. The van der Waals surface area contributed by atoms with Crippen LogP contribution >= 0.6 is 0 Å². The second-order valence-electron chi connectivity index (χ2n) is 7.28. The number of benzene rings is 2. The van der Waals surface area contributed by atoms with Crippen LogP contribution in [0.3, 0.4) is 0 Å². The van der Waals surface area contributed by atoms with Crippen LogP contribution in [0.15, 0.2) is 56.8 Å². The first-order chi connectivity index (χ1) is 13.3. The molecule has 0 aliphatic carbocycles. The molecule has 0 bridgehead atoms. The number of fused-ring (bicyclic) bond motifs is 2. The average Bonchev–Trinajstić information content (AvgIpc) is 2.60. The van der Waals surface area contributed by atoms with Crippen LogP contribution in [0.4, 0.5) is 0 Å². The number of hydrogen-bond acceptors (Lipinski definition) is 5. The van der Waals surface area contributed by atoms with E-state index in [1.807, 2.05) is 13.0 Å². The Morgan fingerprint density at radius 2 is 1.71 bits per heavy atom. The molecule has 0 aliphatic heterocycles. The van der Waals surface area contributed by atoms with Crippen molar-refractivity contribution in [3.8, 4) is 17.2 Å². The number of phenolic OH excluding ortho intramolecular Hbond substituents is 3. The van der Waals surface area contributed by atoms with Crippen molar-refractivity contribution < 1.29 is 19.7 Å². The minimum absolute atomic E-state index is 0.00534. The topological polar surface area (TPSA) is 90.9 Å². The third kappa shape index (κ3) is 3.88. The second kappa shape index (κ2) is 7.80. The van der Waals surface area contributed by atoms with E-state index in [2.05, 4.69) is 19.9 Å². The first kappa shape index (κ1) is 19.5. The van der Waals surface area contributed by atoms with Crippen molar-refractivity contribution in [2.45, 2.75) is 40.0 Å². The van der Waals surface area contributed by atoms with Gasteiger partial charge in [-0.3, -0.25) is 4.79 Å². The van der Waals surface area contributed by atoms with Crippen LogP contribution < -0.4 is 5.43 Å². The lowest BCUT2D eigenvalue weighted by atomic mass is 10.00. The summed E-state index contributed by atoms with van der Waals surface area (Å²) in [4.78, 5) is 13.0. The Hall–Kier alpha value is -3.21. The van der Waals surface area contributed by atoms with E-state index in [9.17, 15) is 20.1 Å². The van der Waals surface area contributed by atoms with Crippen LogP contribution in [0.2, 0.25) is 0 Å². The summed E-state index contributed by atoms with van der Waals surface area (Å²) in [6.45, 7) is 6.14. The van der Waals surface area contributed by atoms with Crippen molar-refractivity contribution in [3.05, 3.63) is 63.4 Å². The van der Waals surface area contributed by atoms with Crippen molar-refractivity contribution in [1.82, 2.24) is 0 Å². The Kier molecular flexibility index (Phi) is 5.45.